The average Bonchev–Trinajstić information content (AvgIpc) is 2.13. The number of hydrogen-bond donors (Lipinski definition) is 1. The molecule has 104 valence electrons. The lowest BCUT2D eigenvalue weighted by Gasteiger charge is -2.31. The van der Waals surface area contributed by atoms with Gasteiger partial charge in [-0.3, -0.25) is 0 Å². The lowest BCUT2D eigenvalue weighted by molar-refractivity contribution is -0.490. The van der Waals surface area contributed by atoms with Crippen LogP contribution in [0.25, 0.3) is 0 Å². The molecule has 4 heteroatoms. The van der Waals surface area contributed by atoms with E-state index >= 15 is 0 Å². The Balaban J connectivity index is 4.15. The van der Waals surface area contributed by atoms with Crippen LogP contribution in [-0.2, 0) is 14.7 Å². The van der Waals surface area contributed by atoms with Gasteiger partial charge in [0.2, 0.25) is 6.29 Å². The lowest BCUT2D eigenvalue weighted by atomic mass is 9.96. The molecule has 0 rings (SSSR count). The molecule has 0 aliphatic carbocycles. The van der Waals surface area contributed by atoms with Gasteiger partial charge in [0, 0.05) is 5.41 Å². The lowest BCUT2D eigenvalue weighted by Crippen LogP contribution is -2.35. The third kappa shape index (κ3) is 7.71. The van der Waals surface area contributed by atoms with E-state index in [1.54, 1.807) is 0 Å². The van der Waals surface area contributed by atoms with Crippen LogP contribution >= 0.6 is 0 Å². The normalized spacial score (nSPS) is 15.4. The molecule has 17 heavy (non-hydrogen) atoms. The predicted octanol–water partition coefficient (Wildman–Crippen LogP) is 4.01. The molecule has 1 atom stereocenters. The Kier molecular flexibility index (Phi) is 6.62. The van der Waals surface area contributed by atoms with E-state index in [0.29, 0.717) is 5.92 Å². The molecule has 0 saturated carbocycles. The van der Waals surface area contributed by atoms with Crippen LogP contribution in [0, 0.1) is 11.3 Å². The summed E-state index contributed by atoms with van der Waals surface area (Å²) < 4.78 is 0. The second-order valence-electron chi connectivity index (χ2n) is 6.68. The SMILES string of the molecule is CC(C)CCC(C)(C)OOC(OO)C(C)(C)C. The van der Waals surface area contributed by atoms with Crippen molar-refractivity contribution in [3.63, 3.8) is 0 Å². The minimum atomic E-state index is -0.791. The van der Waals surface area contributed by atoms with Crippen LogP contribution in [0.4, 0.5) is 0 Å². The highest BCUT2D eigenvalue weighted by atomic mass is 17.3. The van der Waals surface area contributed by atoms with Crippen LogP contribution in [0.5, 0.6) is 0 Å². The molecule has 0 bridgehead atoms. The van der Waals surface area contributed by atoms with Gasteiger partial charge in [0.1, 0.15) is 0 Å². The Morgan fingerprint density at radius 1 is 1.06 bits per heavy atom. The Morgan fingerprint density at radius 3 is 1.94 bits per heavy atom. The summed E-state index contributed by atoms with van der Waals surface area (Å²) in [4.78, 5) is 14.8. The monoisotopic (exact) mass is 248 g/mol. The van der Waals surface area contributed by atoms with E-state index in [4.69, 9.17) is 15.0 Å². The molecule has 1 unspecified atom stereocenters. The van der Waals surface area contributed by atoms with Crippen LogP contribution in [0.3, 0.4) is 0 Å². The fourth-order valence-corrected chi connectivity index (χ4v) is 1.17. The van der Waals surface area contributed by atoms with Gasteiger partial charge >= 0.3 is 0 Å². The van der Waals surface area contributed by atoms with Crippen LogP contribution in [0.2, 0.25) is 0 Å². The molecule has 1 N–H and O–H groups in total. The maximum atomic E-state index is 8.77. The minimum absolute atomic E-state index is 0.344. The highest BCUT2D eigenvalue weighted by molar-refractivity contribution is 4.68. The van der Waals surface area contributed by atoms with E-state index in [2.05, 4.69) is 18.7 Å². The molecular formula is C13H28O4. The van der Waals surface area contributed by atoms with Gasteiger partial charge in [-0.05, 0) is 32.6 Å². The largest absolute Gasteiger partial charge is 0.249 e. The minimum Gasteiger partial charge on any atom is -0.249 e. The van der Waals surface area contributed by atoms with Gasteiger partial charge in [0.15, 0.2) is 0 Å². The Hall–Kier alpha value is -0.160. The smallest absolute Gasteiger partial charge is 0.228 e. The molecule has 0 radical (unpaired) electrons. The van der Waals surface area contributed by atoms with E-state index < -0.39 is 6.29 Å². The van der Waals surface area contributed by atoms with Gasteiger partial charge < -0.3 is 0 Å². The summed E-state index contributed by atoms with van der Waals surface area (Å²) in [5, 5.41) is 8.77. The van der Waals surface area contributed by atoms with Gasteiger partial charge in [-0.25, -0.2) is 19.9 Å². The molecule has 4 nitrogen and oxygen atoms in total. The van der Waals surface area contributed by atoms with Crippen LogP contribution in [0.15, 0.2) is 0 Å². The third-order valence-electron chi connectivity index (χ3n) is 2.49. The number of rotatable bonds is 7. The Morgan fingerprint density at radius 2 is 1.59 bits per heavy atom. The Labute approximate surface area is 105 Å². The molecule has 0 aromatic heterocycles. The molecule has 0 amide bonds. The zero-order valence-corrected chi connectivity index (χ0v) is 12.2. The molecule has 0 heterocycles. The van der Waals surface area contributed by atoms with Crippen molar-refractivity contribution in [2.24, 2.45) is 11.3 Å². The number of hydrogen-bond acceptors (Lipinski definition) is 4. The standard InChI is InChI=1S/C13H28O4/c1-10(2)8-9-13(6,7)17-16-11(15-14)12(3,4)5/h10-11,14H,8-9H2,1-7H3. The first-order valence-corrected chi connectivity index (χ1v) is 6.23. The highest BCUT2D eigenvalue weighted by Gasteiger charge is 2.31. The van der Waals surface area contributed by atoms with Crippen molar-refractivity contribution >= 4 is 0 Å². The molecule has 0 fully saturated rings. The predicted molar refractivity (Wildman–Crippen MR) is 67.3 cm³/mol. The second kappa shape index (κ2) is 6.69. The second-order valence-corrected chi connectivity index (χ2v) is 6.68. The van der Waals surface area contributed by atoms with E-state index in [0.717, 1.165) is 12.8 Å². The van der Waals surface area contributed by atoms with E-state index in [-0.39, 0.29) is 11.0 Å². The van der Waals surface area contributed by atoms with Gasteiger partial charge in [-0.2, -0.15) is 0 Å². The highest BCUT2D eigenvalue weighted by Crippen LogP contribution is 2.26. The molecule has 0 saturated heterocycles. The fraction of sp³-hybridized carbons (Fsp3) is 1.00. The van der Waals surface area contributed by atoms with Crippen molar-refractivity contribution in [2.75, 3.05) is 0 Å². The van der Waals surface area contributed by atoms with E-state index in [1.807, 2.05) is 34.6 Å². The van der Waals surface area contributed by atoms with Crippen LogP contribution in [-0.4, -0.2) is 17.1 Å². The van der Waals surface area contributed by atoms with Crippen molar-refractivity contribution in [2.45, 2.75) is 73.2 Å². The summed E-state index contributed by atoms with van der Waals surface area (Å²) in [6.07, 6.45) is 1.17. The van der Waals surface area contributed by atoms with Crippen LogP contribution < -0.4 is 0 Å². The zero-order valence-electron chi connectivity index (χ0n) is 12.2. The van der Waals surface area contributed by atoms with Gasteiger partial charge in [0.25, 0.3) is 0 Å². The molecular weight excluding hydrogens is 220 g/mol. The topological polar surface area (TPSA) is 47.9 Å². The van der Waals surface area contributed by atoms with Crippen molar-refractivity contribution in [3.8, 4) is 0 Å². The first-order chi connectivity index (χ1) is 7.58. The summed E-state index contributed by atoms with van der Waals surface area (Å²) >= 11 is 0. The maximum Gasteiger partial charge on any atom is 0.228 e. The summed E-state index contributed by atoms with van der Waals surface area (Å²) in [5.41, 5.74) is -0.727. The van der Waals surface area contributed by atoms with Gasteiger partial charge in [-0.1, -0.05) is 34.6 Å². The van der Waals surface area contributed by atoms with Crippen molar-refractivity contribution in [1.29, 1.82) is 0 Å². The van der Waals surface area contributed by atoms with Crippen LogP contribution in [0.1, 0.15) is 61.3 Å². The molecule has 0 aliphatic heterocycles. The first-order valence-electron chi connectivity index (χ1n) is 6.23. The average molecular weight is 248 g/mol. The Bertz CT molecular complexity index is 206. The summed E-state index contributed by atoms with van der Waals surface area (Å²) in [5.74, 6) is 0.630. The van der Waals surface area contributed by atoms with Crippen molar-refractivity contribution in [1.82, 2.24) is 0 Å². The van der Waals surface area contributed by atoms with Crippen molar-refractivity contribution < 1.29 is 19.9 Å². The first kappa shape index (κ1) is 16.8. The van der Waals surface area contributed by atoms with E-state index in [1.165, 1.54) is 0 Å². The quantitative estimate of drug-likeness (QED) is 0.420. The zero-order chi connectivity index (χ0) is 13.7. The molecule has 0 spiro atoms. The molecule has 0 aromatic carbocycles. The van der Waals surface area contributed by atoms with Crippen molar-refractivity contribution in [3.05, 3.63) is 0 Å². The summed E-state index contributed by atoms with van der Waals surface area (Å²) in [7, 11) is 0. The summed E-state index contributed by atoms with van der Waals surface area (Å²) in [6.45, 7) is 14.0. The van der Waals surface area contributed by atoms with Gasteiger partial charge in [0.05, 0.1) is 5.60 Å². The summed E-state index contributed by atoms with van der Waals surface area (Å²) in [6, 6.07) is 0. The maximum absolute atomic E-state index is 8.77. The molecule has 0 aliphatic rings. The molecule has 0 aromatic rings. The fourth-order valence-electron chi connectivity index (χ4n) is 1.17. The van der Waals surface area contributed by atoms with Gasteiger partial charge in [-0.15, -0.1) is 0 Å². The van der Waals surface area contributed by atoms with E-state index in [9.17, 15) is 0 Å². The third-order valence-corrected chi connectivity index (χ3v) is 2.49.